The average molecular weight is 352 g/mol. The Morgan fingerprint density at radius 1 is 1.00 bits per heavy atom. The summed E-state index contributed by atoms with van der Waals surface area (Å²) in [5.74, 6) is 0.769. The van der Waals surface area contributed by atoms with E-state index in [1.807, 2.05) is 42.5 Å². The number of benzene rings is 2. The summed E-state index contributed by atoms with van der Waals surface area (Å²) < 4.78 is 5.82. The topological polar surface area (TPSA) is 50.4 Å². The monoisotopic (exact) mass is 352 g/mol. The van der Waals surface area contributed by atoms with E-state index < -0.39 is 0 Å². The fourth-order valence-electron chi connectivity index (χ4n) is 3.34. The Hall–Kier alpha value is -2.17. The quantitative estimate of drug-likeness (QED) is 0.751. The third-order valence-electron chi connectivity index (χ3n) is 4.90. The van der Waals surface area contributed by atoms with Crippen LogP contribution in [0.4, 0.5) is 5.69 Å². The Kier molecular flexibility index (Phi) is 7.23. The summed E-state index contributed by atoms with van der Waals surface area (Å²) in [6.07, 6.45) is 3.92. The van der Waals surface area contributed by atoms with Gasteiger partial charge in [0.2, 0.25) is 5.91 Å². The summed E-state index contributed by atoms with van der Waals surface area (Å²) in [4.78, 5) is 12.3. The molecular formula is C22H28N2O2. The first kappa shape index (κ1) is 18.6. The Labute approximate surface area is 156 Å². The molecule has 1 fully saturated rings. The molecule has 0 unspecified atom stereocenters. The highest BCUT2D eigenvalue weighted by Crippen LogP contribution is 2.20. The lowest BCUT2D eigenvalue weighted by Crippen LogP contribution is -2.28. The molecule has 0 saturated carbocycles. The molecule has 0 bridgehead atoms. The minimum absolute atomic E-state index is 0.0963. The second-order valence-electron chi connectivity index (χ2n) is 6.92. The Balaban J connectivity index is 1.47. The SMILES string of the molecule is O=C(CCC1CCNCC1)Nc1ccccc1COCc1ccccc1. The van der Waals surface area contributed by atoms with Gasteiger partial charge >= 0.3 is 0 Å². The smallest absolute Gasteiger partial charge is 0.224 e. The van der Waals surface area contributed by atoms with Crippen LogP contribution in [0.25, 0.3) is 0 Å². The maximum atomic E-state index is 12.3. The molecule has 1 saturated heterocycles. The summed E-state index contributed by atoms with van der Waals surface area (Å²) >= 11 is 0. The van der Waals surface area contributed by atoms with Crippen LogP contribution in [0.2, 0.25) is 0 Å². The highest BCUT2D eigenvalue weighted by atomic mass is 16.5. The van der Waals surface area contributed by atoms with Crippen molar-refractivity contribution in [1.82, 2.24) is 5.32 Å². The van der Waals surface area contributed by atoms with E-state index in [0.717, 1.165) is 36.3 Å². The highest BCUT2D eigenvalue weighted by Gasteiger charge is 2.15. The predicted octanol–water partition coefficient (Wildman–Crippen LogP) is 4.12. The molecule has 2 aromatic rings. The fraction of sp³-hybridized carbons (Fsp3) is 0.409. The van der Waals surface area contributed by atoms with Crippen LogP contribution in [-0.4, -0.2) is 19.0 Å². The number of ether oxygens (including phenoxy) is 1. The van der Waals surface area contributed by atoms with Gasteiger partial charge < -0.3 is 15.4 Å². The normalized spacial score (nSPS) is 14.9. The molecule has 0 aromatic heterocycles. The van der Waals surface area contributed by atoms with Gasteiger partial charge in [-0.15, -0.1) is 0 Å². The van der Waals surface area contributed by atoms with Crippen molar-refractivity contribution < 1.29 is 9.53 Å². The lowest BCUT2D eigenvalue weighted by atomic mass is 9.93. The lowest BCUT2D eigenvalue weighted by molar-refractivity contribution is -0.116. The minimum atomic E-state index is 0.0963. The van der Waals surface area contributed by atoms with Crippen molar-refractivity contribution >= 4 is 11.6 Å². The number of hydrogen-bond donors (Lipinski definition) is 2. The molecule has 3 rings (SSSR count). The second-order valence-corrected chi connectivity index (χ2v) is 6.92. The molecule has 1 aliphatic rings. The van der Waals surface area contributed by atoms with E-state index in [9.17, 15) is 4.79 Å². The zero-order valence-corrected chi connectivity index (χ0v) is 15.2. The zero-order valence-electron chi connectivity index (χ0n) is 15.2. The van der Waals surface area contributed by atoms with E-state index in [-0.39, 0.29) is 5.91 Å². The van der Waals surface area contributed by atoms with E-state index in [0.29, 0.717) is 25.6 Å². The summed E-state index contributed by atoms with van der Waals surface area (Å²) in [7, 11) is 0. The standard InChI is InChI=1S/C22H28N2O2/c25-22(11-10-18-12-14-23-15-13-18)24-21-9-5-4-8-20(21)17-26-16-19-6-2-1-3-7-19/h1-9,18,23H,10-17H2,(H,24,25). The first-order valence-electron chi connectivity index (χ1n) is 9.51. The van der Waals surface area contributed by atoms with Gasteiger partial charge in [0.15, 0.2) is 0 Å². The number of para-hydroxylation sites is 1. The van der Waals surface area contributed by atoms with Gasteiger partial charge in [-0.1, -0.05) is 48.5 Å². The first-order chi connectivity index (χ1) is 12.8. The molecule has 1 amide bonds. The lowest BCUT2D eigenvalue weighted by Gasteiger charge is -2.22. The maximum Gasteiger partial charge on any atom is 0.224 e. The fourth-order valence-corrected chi connectivity index (χ4v) is 3.34. The average Bonchev–Trinajstić information content (AvgIpc) is 2.69. The van der Waals surface area contributed by atoms with Crippen LogP contribution in [0, 0.1) is 5.92 Å². The van der Waals surface area contributed by atoms with Crippen LogP contribution in [0.1, 0.15) is 36.8 Å². The van der Waals surface area contributed by atoms with Gasteiger partial charge in [0, 0.05) is 17.7 Å². The molecule has 0 spiro atoms. The van der Waals surface area contributed by atoms with Gasteiger partial charge in [-0.2, -0.15) is 0 Å². The van der Waals surface area contributed by atoms with E-state index >= 15 is 0 Å². The molecule has 0 atom stereocenters. The van der Waals surface area contributed by atoms with Crippen molar-refractivity contribution in [1.29, 1.82) is 0 Å². The largest absolute Gasteiger partial charge is 0.372 e. The summed E-state index contributed by atoms with van der Waals surface area (Å²) in [5, 5.41) is 6.43. The van der Waals surface area contributed by atoms with E-state index in [2.05, 4.69) is 22.8 Å². The van der Waals surface area contributed by atoms with Gasteiger partial charge in [-0.3, -0.25) is 4.79 Å². The third kappa shape index (κ3) is 5.97. The minimum Gasteiger partial charge on any atom is -0.372 e. The van der Waals surface area contributed by atoms with Crippen LogP contribution < -0.4 is 10.6 Å². The molecular weight excluding hydrogens is 324 g/mol. The van der Waals surface area contributed by atoms with Gasteiger partial charge in [-0.05, 0) is 49.9 Å². The number of amides is 1. The van der Waals surface area contributed by atoms with Crippen LogP contribution >= 0.6 is 0 Å². The van der Waals surface area contributed by atoms with Crippen LogP contribution in [0.15, 0.2) is 54.6 Å². The number of carbonyl (C=O) groups excluding carboxylic acids is 1. The molecule has 138 valence electrons. The molecule has 26 heavy (non-hydrogen) atoms. The number of anilines is 1. The summed E-state index contributed by atoms with van der Waals surface area (Å²) in [6, 6.07) is 18.0. The Bertz CT molecular complexity index is 682. The van der Waals surface area contributed by atoms with Crippen molar-refractivity contribution in [3.05, 3.63) is 65.7 Å². The number of hydrogen-bond acceptors (Lipinski definition) is 3. The molecule has 0 radical (unpaired) electrons. The van der Waals surface area contributed by atoms with Gasteiger partial charge in [0.05, 0.1) is 13.2 Å². The van der Waals surface area contributed by atoms with Crippen LogP contribution in [-0.2, 0) is 22.7 Å². The van der Waals surface area contributed by atoms with E-state index in [1.54, 1.807) is 0 Å². The van der Waals surface area contributed by atoms with Crippen LogP contribution in [0.3, 0.4) is 0 Å². The molecule has 1 heterocycles. The highest BCUT2D eigenvalue weighted by molar-refractivity contribution is 5.91. The van der Waals surface area contributed by atoms with Crippen molar-refractivity contribution in [2.75, 3.05) is 18.4 Å². The van der Waals surface area contributed by atoms with E-state index in [4.69, 9.17) is 4.74 Å². The van der Waals surface area contributed by atoms with Crippen molar-refractivity contribution in [3.8, 4) is 0 Å². The number of nitrogens with one attached hydrogen (secondary N) is 2. The molecule has 4 heteroatoms. The molecule has 2 aromatic carbocycles. The Morgan fingerprint density at radius 2 is 1.73 bits per heavy atom. The zero-order chi connectivity index (χ0) is 18.0. The molecule has 4 nitrogen and oxygen atoms in total. The molecule has 1 aliphatic heterocycles. The Morgan fingerprint density at radius 3 is 2.54 bits per heavy atom. The molecule has 2 N–H and O–H groups in total. The maximum absolute atomic E-state index is 12.3. The van der Waals surface area contributed by atoms with Gasteiger partial charge in [0.25, 0.3) is 0 Å². The van der Waals surface area contributed by atoms with Gasteiger partial charge in [0.1, 0.15) is 0 Å². The number of rotatable bonds is 8. The van der Waals surface area contributed by atoms with Crippen LogP contribution in [0.5, 0.6) is 0 Å². The second kappa shape index (κ2) is 10.1. The van der Waals surface area contributed by atoms with Gasteiger partial charge in [-0.25, -0.2) is 0 Å². The van der Waals surface area contributed by atoms with E-state index in [1.165, 1.54) is 12.8 Å². The summed E-state index contributed by atoms with van der Waals surface area (Å²) in [6.45, 7) is 3.21. The van der Waals surface area contributed by atoms with Crippen molar-refractivity contribution in [3.63, 3.8) is 0 Å². The number of carbonyl (C=O) groups is 1. The van der Waals surface area contributed by atoms with Crippen molar-refractivity contribution in [2.45, 2.75) is 38.9 Å². The number of piperidine rings is 1. The summed E-state index contributed by atoms with van der Waals surface area (Å²) in [5.41, 5.74) is 3.02. The molecule has 0 aliphatic carbocycles. The predicted molar refractivity (Wildman–Crippen MR) is 105 cm³/mol. The first-order valence-corrected chi connectivity index (χ1v) is 9.51. The van der Waals surface area contributed by atoms with Crippen molar-refractivity contribution in [2.24, 2.45) is 5.92 Å². The third-order valence-corrected chi connectivity index (χ3v) is 4.90.